The van der Waals surface area contributed by atoms with Crippen LogP contribution in [-0.2, 0) is 0 Å². The maximum atomic E-state index is 2.50. The highest BCUT2D eigenvalue weighted by Gasteiger charge is 2.31. The van der Waals surface area contributed by atoms with E-state index in [2.05, 4.69) is 78.5 Å². The summed E-state index contributed by atoms with van der Waals surface area (Å²) < 4.78 is 0.369. The molecule has 0 aromatic carbocycles. The average Bonchev–Trinajstić information content (AvgIpc) is 2.32. The summed E-state index contributed by atoms with van der Waals surface area (Å²) in [4.78, 5) is 0. The van der Waals surface area contributed by atoms with Gasteiger partial charge in [0.25, 0.3) is 0 Å². The Bertz CT molecular complexity index is 338. The minimum atomic E-state index is 0.256. The first-order valence-corrected chi connectivity index (χ1v) is 8.18. The molecule has 0 nitrogen and oxygen atoms in total. The van der Waals surface area contributed by atoms with Crippen molar-refractivity contribution in [1.82, 2.24) is 0 Å². The van der Waals surface area contributed by atoms with Crippen LogP contribution in [0.4, 0.5) is 0 Å². The zero-order valence-electron chi connectivity index (χ0n) is 13.2. The topological polar surface area (TPSA) is 0 Å². The van der Waals surface area contributed by atoms with Crippen LogP contribution >= 0.6 is 11.8 Å². The van der Waals surface area contributed by atoms with Crippen molar-refractivity contribution < 1.29 is 0 Å². The first-order chi connectivity index (χ1) is 8.24. The second-order valence-electron chi connectivity index (χ2n) is 6.57. The van der Waals surface area contributed by atoms with Gasteiger partial charge in [0.2, 0.25) is 0 Å². The lowest BCUT2D eigenvalue weighted by molar-refractivity contribution is 0.337. The largest absolute Gasteiger partial charge is 0.144 e. The second kappa shape index (κ2) is 5.86. The fraction of sp³-hybridized carbons (Fsp3) is 0.765. The van der Waals surface area contributed by atoms with Gasteiger partial charge in [0, 0.05) is 15.4 Å². The predicted molar refractivity (Wildman–Crippen MR) is 86.2 cm³/mol. The van der Waals surface area contributed by atoms with Crippen LogP contribution in [0.5, 0.6) is 0 Å². The van der Waals surface area contributed by atoms with Crippen molar-refractivity contribution in [2.45, 2.75) is 71.3 Å². The van der Waals surface area contributed by atoms with E-state index in [1.165, 1.54) is 18.4 Å². The molecule has 0 amide bonds. The Hall–Kier alpha value is -0.170. The summed E-state index contributed by atoms with van der Waals surface area (Å²) in [6, 6.07) is 0. The summed E-state index contributed by atoms with van der Waals surface area (Å²) in [5, 5.41) is 0.567. The minimum Gasteiger partial charge on any atom is -0.144 e. The quantitative estimate of drug-likeness (QED) is 0.563. The lowest BCUT2D eigenvalue weighted by Gasteiger charge is -2.36. The molecule has 1 rings (SSSR count). The molecule has 1 aliphatic carbocycles. The SMILES string of the molecule is CCC(C)C1(C)C=CC(SC(C)(C)CC)C(C)=C1. The van der Waals surface area contributed by atoms with Gasteiger partial charge in [-0.25, -0.2) is 0 Å². The predicted octanol–water partition coefficient (Wildman–Crippen LogP) is 5.85. The highest BCUT2D eigenvalue weighted by molar-refractivity contribution is 8.01. The van der Waals surface area contributed by atoms with Gasteiger partial charge in [-0.15, -0.1) is 11.8 Å². The maximum absolute atomic E-state index is 2.50. The molecule has 3 atom stereocenters. The summed E-state index contributed by atoms with van der Waals surface area (Å²) in [7, 11) is 0. The van der Waals surface area contributed by atoms with E-state index in [1.54, 1.807) is 0 Å². The van der Waals surface area contributed by atoms with Gasteiger partial charge >= 0.3 is 0 Å². The van der Waals surface area contributed by atoms with Crippen LogP contribution in [0.25, 0.3) is 0 Å². The van der Waals surface area contributed by atoms with Gasteiger partial charge in [0.1, 0.15) is 0 Å². The van der Waals surface area contributed by atoms with Crippen molar-refractivity contribution in [1.29, 1.82) is 0 Å². The lowest BCUT2D eigenvalue weighted by atomic mass is 9.73. The first-order valence-electron chi connectivity index (χ1n) is 7.30. The Balaban J connectivity index is 2.82. The molecule has 104 valence electrons. The van der Waals surface area contributed by atoms with Crippen LogP contribution in [0.3, 0.4) is 0 Å². The van der Waals surface area contributed by atoms with Gasteiger partial charge in [-0.05, 0) is 19.3 Å². The normalized spacial score (nSPS) is 30.2. The fourth-order valence-corrected chi connectivity index (χ4v) is 3.64. The monoisotopic (exact) mass is 266 g/mol. The molecule has 0 aromatic heterocycles. The number of thioether (sulfide) groups is 1. The van der Waals surface area contributed by atoms with E-state index in [0.717, 1.165) is 0 Å². The smallest absolute Gasteiger partial charge is 0.0440 e. The Morgan fingerprint density at radius 1 is 1.39 bits per heavy atom. The molecule has 0 saturated heterocycles. The third kappa shape index (κ3) is 3.66. The van der Waals surface area contributed by atoms with E-state index in [4.69, 9.17) is 0 Å². The molecule has 18 heavy (non-hydrogen) atoms. The van der Waals surface area contributed by atoms with Gasteiger partial charge < -0.3 is 0 Å². The zero-order valence-corrected chi connectivity index (χ0v) is 14.0. The minimum absolute atomic E-state index is 0.256. The van der Waals surface area contributed by atoms with Crippen LogP contribution < -0.4 is 0 Å². The average molecular weight is 266 g/mol. The number of rotatable bonds is 5. The standard InChI is InChI=1S/C17H30S/c1-8-14(4)17(7)11-10-15(13(3)12-17)18-16(5,6)9-2/h10-12,14-15H,8-9H2,1-7H3. The Labute approximate surface area is 118 Å². The summed E-state index contributed by atoms with van der Waals surface area (Å²) in [5.74, 6) is 0.717. The number of allylic oxidation sites excluding steroid dienone is 2. The van der Waals surface area contributed by atoms with Crippen molar-refractivity contribution in [3.8, 4) is 0 Å². The molecule has 0 saturated carbocycles. The molecule has 0 aliphatic heterocycles. The van der Waals surface area contributed by atoms with E-state index >= 15 is 0 Å². The highest BCUT2D eigenvalue weighted by atomic mass is 32.2. The summed E-state index contributed by atoms with van der Waals surface area (Å²) in [6.07, 6.45) is 9.84. The van der Waals surface area contributed by atoms with Crippen LogP contribution in [0.1, 0.15) is 61.3 Å². The molecule has 0 aromatic rings. The molecule has 0 radical (unpaired) electrons. The van der Waals surface area contributed by atoms with E-state index in [-0.39, 0.29) is 5.41 Å². The number of hydrogen-bond donors (Lipinski definition) is 0. The molecule has 3 unspecified atom stereocenters. The first kappa shape index (κ1) is 15.9. The maximum Gasteiger partial charge on any atom is 0.0440 e. The summed E-state index contributed by atoms with van der Waals surface area (Å²) in [6.45, 7) is 16.3. The second-order valence-corrected chi connectivity index (χ2v) is 8.42. The zero-order chi connectivity index (χ0) is 14.0. The Morgan fingerprint density at radius 2 is 2.00 bits per heavy atom. The molecular formula is C17H30S. The van der Waals surface area contributed by atoms with E-state index in [0.29, 0.717) is 15.9 Å². The summed E-state index contributed by atoms with van der Waals surface area (Å²) >= 11 is 2.10. The third-order valence-corrected chi connectivity index (χ3v) is 6.30. The molecular weight excluding hydrogens is 236 g/mol. The molecule has 1 heteroatoms. The fourth-order valence-electron chi connectivity index (χ4n) is 2.37. The molecule has 0 bridgehead atoms. The summed E-state index contributed by atoms with van der Waals surface area (Å²) in [5.41, 5.74) is 1.79. The van der Waals surface area contributed by atoms with E-state index in [9.17, 15) is 0 Å². The highest BCUT2D eigenvalue weighted by Crippen LogP contribution is 2.43. The molecule has 0 heterocycles. The Morgan fingerprint density at radius 3 is 2.44 bits per heavy atom. The van der Waals surface area contributed by atoms with Crippen molar-refractivity contribution in [2.24, 2.45) is 11.3 Å². The molecule has 1 aliphatic rings. The van der Waals surface area contributed by atoms with Gasteiger partial charge in [0.05, 0.1) is 0 Å². The molecule has 0 spiro atoms. The van der Waals surface area contributed by atoms with E-state index < -0.39 is 0 Å². The van der Waals surface area contributed by atoms with Gasteiger partial charge in [-0.2, -0.15) is 0 Å². The van der Waals surface area contributed by atoms with Crippen LogP contribution in [0.15, 0.2) is 23.8 Å². The molecule has 0 fully saturated rings. The van der Waals surface area contributed by atoms with Crippen molar-refractivity contribution >= 4 is 11.8 Å². The van der Waals surface area contributed by atoms with Crippen molar-refractivity contribution in [3.05, 3.63) is 23.8 Å². The van der Waals surface area contributed by atoms with Crippen LogP contribution in [-0.4, -0.2) is 10.00 Å². The Kier molecular flexibility index (Phi) is 5.17. The van der Waals surface area contributed by atoms with Gasteiger partial charge in [-0.1, -0.05) is 71.8 Å². The van der Waals surface area contributed by atoms with Crippen LogP contribution in [0.2, 0.25) is 0 Å². The number of hydrogen-bond acceptors (Lipinski definition) is 1. The van der Waals surface area contributed by atoms with E-state index in [1.807, 2.05) is 0 Å². The van der Waals surface area contributed by atoms with Gasteiger partial charge in [-0.3, -0.25) is 0 Å². The van der Waals surface area contributed by atoms with Crippen LogP contribution in [0, 0.1) is 11.3 Å². The van der Waals surface area contributed by atoms with Crippen molar-refractivity contribution in [2.75, 3.05) is 0 Å². The van der Waals surface area contributed by atoms with Crippen molar-refractivity contribution in [3.63, 3.8) is 0 Å². The molecule has 0 N–H and O–H groups in total. The third-order valence-electron chi connectivity index (χ3n) is 4.59. The van der Waals surface area contributed by atoms with Gasteiger partial charge in [0.15, 0.2) is 0 Å². The lowest BCUT2D eigenvalue weighted by Crippen LogP contribution is -2.27.